The standard InChI is InChI=1S/C16H13ClF3NO3/c1-23-8-24-14-5-3-10(17)7-12(14)15(22)11-6-9(16(18,19)20)2-4-13(11)21/h2-7H,8,21H2,1H3/i15+2. The minimum absolute atomic E-state index is 0.00873. The molecule has 2 aromatic rings. The van der Waals surface area contributed by atoms with E-state index in [2.05, 4.69) is 0 Å². The first-order valence-corrected chi connectivity index (χ1v) is 7.04. The number of ketones is 1. The van der Waals surface area contributed by atoms with E-state index in [-0.39, 0.29) is 34.4 Å². The fourth-order valence-corrected chi connectivity index (χ4v) is 2.17. The zero-order chi connectivity index (χ0) is 17.9. The Kier molecular flexibility index (Phi) is 5.36. The van der Waals surface area contributed by atoms with Crippen LogP contribution in [0.1, 0.15) is 21.5 Å². The average molecular weight is 362 g/mol. The summed E-state index contributed by atoms with van der Waals surface area (Å²) in [6.45, 7) is -0.139. The monoisotopic (exact) mass is 361 g/mol. The zero-order valence-electron chi connectivity index (χ0n) is 12.5. The highest BCUT2D eigenvalue weighted by Crippen LogP contribution is 2.33. The minimum Gasteiger partial charge on any atom is -0.467 e. The Morgan fingerprint density at radius 1 is 1.17 bits per heavy atom. The number of rotatable bonds is 5. The molecule has 2 N–H and O–H groups in total. The predicted octanol–water partition coefficient (Wildman–Crippen LogP) is 4.15. The molecule has 2 rings (SSSR count). The van der Waals surface area contributed by atoms with Crippen LogP contribution in [-0.4, -0.2) is 19.7 Å². The Labute approximate surface area is 140 Å². The Hall–Kier alpha value is -2.25. The number of methoxy groups -OCH3 is 1. The largest absolute Gasteiger partial charge is 0.467 e. The van der Waals surface area contributed by atoms with Gasteiger partial charge in [0.1, 0.15) is 5.75 Å². The van der Waals surface area contributed by atoms with E-state index in [1.54, 1.807) is 0 Å². The normalized spacial score (nSPS) is 11.4. The van der Waals surface area contributed by atoms with Gasteiger partial charge in [0.25, 0.3) is 0 Å². The van der Waals surface area contributed by atoms with Gasteiger partial charge >= 0.3 is 6.18 Å². The SMILES string of the molecule is COCOc1ccc(Cl)cc1[14C](=O)c1cc(C(F)(F)F)ccc1N. The summed E-state index contributed by atoms with van der Waals surface area (Å²) in [5, 5.41) is 0.230. The first-order valence-electron chi connectivity index (χ1n) is 6.66. The molecule has 4 nitrogen and oxygen atoms in total. The lowest BCUT2D eigenvalue weighted by atomic mass is 10.1. The molecule has 0 radical (unpaired) electrons. The number of carbonyl (C=O) groups excluding carboxylic acids is 1. The number of alkyl halides is 3. The van der Waals surface area contributed by atoms with Gasteiger partial charge in [0.05, 0.1) is 11.1 Å². The van der Waals surface area contributed by atoms with E-state index in [0.29, 0.717) is 6.07 Å². The number of halogens is 4. The van der Waals surface area contributed by atoms with Gasteiger partial charge in [-0.25, -0.2) is 0 Å². The fourth-order valence-electron chi connectivity index (χ4n) is 2.00. The van der Waals surface area contributed by atoms with E-state index >= 15 is 0 Å². The molecule has 8 heteroatoms. The third-order valence-electron chi connectivity index (χ3n) is 3.14. The second-order valence-corrected chi connectivity index (χ2v) is 5.26. The molecule has 0 heterocycles. The highest BCUT2D eigenvalue weighted by molar-refractivity contribution is 6.31. The number of nitrogens with two attached hydrogens (primary N) is 1. The van der Waals surface area contributed by atoms with Gasteiger partial charge in [0.15, 0.2) is 12.6 Å². The molecule has 0 saturated carbocycles. The van der Waals surface area contributed by atoms with E-state index in [1.165, 1.54) is 25.3 Å². The van der Waals surface area contributed by atoms with Crippen LogP contribution >= 0.6 is 11.6 Å². The van der Waals surface area contributed by atoms with Gasteiger partial charge in [0, 0.05) is 23.4 Å². The van der Waals surface area contributed by atoms with Crippen molar-refractivity contribution >= 4 is 23.1 Å². The Bertz CT molecular complexity index is 763. The Morgan fingerprint density at radius 3 is 2.50 bits per heavy atom. The average Bonchev–Trinajstić information content (AvgIpc) is 2.52. The van der Waals surface area contributed by atoms with Crippen LogP contribution in [0.3, 0.4) is 0 Å². The van der Waals surface area contributed by atoms with Crippen LogP contribution in [0.15, 0.2) is 36.4 Å². The maximum absolute atomic E-state index is 12.9. The molecule has 0 aromatic heterocycles. The van der Waals surface area contributed by atoms with Crippen molar-refractivity contribution in [3.63, 3.8) is 0 Å². The molecule has 0 amide bonds. The summed E-state index contributed by atoms with van der Waals surface area (Å²) < 4.78 is 48.6. The number of ether oxygens (including phenoxy) is 2. The van der Waals surface area contributed by atoms with Gasteiger partial charge in [0.2, 0.25) is 0 Å². The van der Waals surface area contributed by atoms with Crippen LogP contribution in [0.4, 0.5) is 18.9 Å². The summed E-state index contributed by atoms with van der Waals surface area (Å²) in [4.78, 5) is 12.7. The molecule has 0 aliphatic heterocycles. The van der Waals surface area contributed by atoms with Gasteiger partial charge < -0.3 is 15.2 Å². The molecule has 0 bridgehead atoms. The van der Waals surface area contributed by atoms with Crippen LogP contribution in [0.25, 0.3) is 0 Å². The molecule has 24 heavy (non-hydrogen) atoms. The summed E-state index contributed by atoms with van der Waals surface area (Å²) in [5.74, 6) is -0.602. The second kappa shape index (κ2) is 7.11. The zero-order valence-corrected chi connectivity index (χ0v) is 13.2. The Balaban J connectivity index is 2.51. The molecule has 0 spiro atoms. The lowest BCUT2D eigenvalue weighted by Gasteiger charge is -2.13. The Morgan fingerprint density at radius 2 is 1.88 bits per heavy atom. The molecular weight excluding hydrogens is 349 g/mol. The quantitative estimate of drug-likeness (QED) is 0.493. The van der Waals surface area contributed by atoms with E-state index in [1.807, 2.05) is 0 Å². The van der Waals surface area contributed by atoms with E-state index in [4.69, 9.17) is 26.8 Å². The fraction of sp³-hybridized carbons (Fsp3) is 0.188. The van der Waals surface area contributed by atoms with Crippen molar-refractivity contribution in [2.75, 3.05) is 19.6 Å². The number of hydrogen-bond acceptors (Lipinski definition) is 4. The summed E-state index contributed by atoms with van der Waals surface area (Å²) in [6.07, 6.45) is -4.59. The molecule has 0 aliphatic carbocycles. The lowest BCUT2D eigenvalue weighted by Crippen LogP contribution is -2.12. The molecule has 0 aliphatic rings. The molecular formula is C16H13ClF3NO3. The van der Waals surface area contributed by atoms with Crippen LogP contribution in [0.5, 0.6) is 5.75 Å². The summed E-state index contributed by atoms with van der Waals surface area (Å²) in [6, 6.07) is 6.77. The van der Waals surface area contributed by atoms with Crippen molar-refractivity contribution in [2.45, 2.75) is 6.18 Å². The topological polar surface area (TPSA) is 61.5 Å². The van der Waals surface area contributed by atoms with Crippen molar-refractivity contribution in [3.8, 4) is 5.75 Å². The molecule has 0 saturated heterocycles. The third kappa shape index (κ3) is 3.98. The highest BCUT2D eigenvalue weighted by atomic mass is 35.5. The van der Waals surface area contributed by atoms with Gasteiger partial charge in [-0.1, -0.05) is 11.6 Å². The molecule has 0 fully saturated rings. The van der Waals surface area contributed by atoms with Crippen LogP contribution < -0.4 is 10.5 Å². The van der Waals surface area contributed by atoms with Crippen LogP contribution in [0, 0.1) is 0 Å². The van der Waals surface area contributed by atoms with Crippen molar-refractivity contribution in [2.24, 2.45) is 0 Å². The second-order valence-electron chi connectivity index (χ2n) is 4.82. The van der Waals surface area contributed by atoms with Gasteiger partial charge in [-0.15, -0.1) is 0 Å². The molecule has 128 valence electrons. The van der Waals surface area contributed by atoms with Crippen molar-refractivity contribution in [1.29, 1.82) is 0 Å². The van der Waals surface area contributed by atoms with Crippen molar-refractivity contribution in [1.82, 2.24) is 0 Å². The van der Waals surface area contributed by atoms with E-state index in [9.17, 15) is 18.0 Å². The van der Waals surface area contributed by atoms with E-state index in [0.717, 1.165) is 12.1 Å². The number of carbonyl (C=O) groups is 1. The van der Waals surface area contributed by atoms with Gasteiger partial charge in [-0.2, -0.15) is 13.2 Å². The minimum atomic E-state index is -4.59. The maximum atomic E-state index is 12.9. The van der Waals surface area contributed by atoms with Crippen molar-refractivity contribution in [3.05, 3.63) is 58.1 Å². The van der Waals surface area contributed by atoms with Crippen molar-refractivity contribution < 1.29 is 27.4 Å². The molecule has 0 unspecified atom stereocenters. The van der Waals surface area contributed by atoms with Gasteiger partial charge in [-0.3, -0.25) is 4.79 Å². The van der Waals surface area contributed by atoms with Crippen LogP contribution in [-0.2, 0) is 10.9 Å². The summed E-state index contributed by atoms with van der Waals surface area (Å²) in [5.41, 5.74) is 4.33. The van der Waals surface area contributed by atoms with Crippen LogP contribution in [0.2, 0.25) is 5.02 Å². The molecule has 2 aromatic carbocycles. The first kappa shape index (κ1) is 18.1. The number of nitrogen functional groups attached to an aromatic ring is 1. The van der Waals surface area contributed by atoms with Gasteiger partial charge in [-0.05, 0) is 36.4 Å². The summed E-state index contributed by atoms with van der Waals surface area (Å²) in [7, 11) is 1.39. The smallest absolute Gasteiger partial charge is 0.416 e. The summed E-state index contributed by atoms with van der Waals surface area (Å²) >= 11 is 5.88. The van der Waals surface area contributed by atoms with E-state index < -0.39 is 17.5 Å². The lowest BCUT2D eigenvalue weighted by molar-refractivity contribution is -0.137. The first-order chi connectivity index (χ1) is 11.2. The number of benzene rings is 2. The highest BCUT2D eigenvalue weighted by Gasteiger charge is 2.32. The number of hydrogen-bond donors (Lipinski definition) is 1. The third-order valence-corrected chi connectivity index (χ3v) is 3.38. The molecule has 0 atom stereocenters. The predicted molar refractivity (Wildman–Crippen MR) is 83.2 cm³/mol. The maximum Gasteiger partial charge on any atom is 0.416 e. The number of anilines is 1.